The van der Waals surface area contributed by atoms with Crippen molar-refractivity contribution in [3.63, 3.8) is 0 Å². The van der Waals surface area contributed by atoms with E-state index in [-0.39, 0.29) is 15.8 Å². The number of thiophene rings is 1. The van der Waals surface area contributed by atoms with Crippen LogP contribution in [-0.2, 0) is 0 Å². The van der Waals surface area contributed by atoms with Gasteiger partial charge in [-0.15, -0.1) is 11.3 Å². The van der Waals surface area contributed by atoms with Gasteiger partial charge in [-0.05, 0) is 54.9 Å². The SMILES string of the molecule is CC1CCCP1c1c(P2C(C)CCC2C)sc2ccccc12. The van der Waals surface area contributed by atoms with E-state index in [9.17, 15) is 0 Å². The zero-order valence-electron chi connectivity index (χ0n) is 13.9. The van der Waals surface area contributed by atoms with Crippen molar-refractivity contribution in [2.75, 3.05) is 6.16 Å². The minimum atomic E-state index is 0.0693. The Morgan fingerprint density at radius 3 is 2.36 bits per heavy atom. The van der Waals surface area contributed by atoms with E-state index in [0.29, 0.717) is 0 Å². The predicted molar refractivity (Wildman–Crippen MR) is 107 cm³/mol. The van der Waals surface area contributed by atoms with Crippen LogP contribution >= 0.6 is 27.2 Å². The van der Waals surface area contributed by atoms with Crippen LogP contribution in [0.25, 0.3) is 10.1 Å². The first kappa shape index (κ1) is 15.6. The van der Waals surface area contributed by atoms with Crippen LogP contribution in [0.4, 0.5) is 0 Å². The summed E-state index contributed by atoms with van der Waals surface area (Å²) >= 11 is 2.16. The van der Waals surface area contributed by atoms with Crippen molar-refractivity contribution in [3.05, 3.63) is 24.3 Å². The van der Waals surface area contributed by atoms with Crippen molar-refractivity contribution in [2.45, 2.75) is 63.4 Å². The molecular formula is C19H26P2S. The van der Waals surface area contributed by atoms with Gasteiger partial charge < -0.3 is 0 Å². The van der Waals surface area contributed by atoms with Crippen LogP contribution in [0.5, 0.6) is 0 Å². The van der Waals surface area contributed by atoms with E-state index in [4.69, 9.17) is 0 Å². The molecule has 3 heterocycles. The van der Waals surface area contributed by atoms with Crippen LogP contribution in [-0.4, -0.2) is 23.1 Å². The summed E-state index contributed by atoms with van der Waals surface area (Å²) in [6.45, 7) is 7.56. The molecule has 2 aliphatic rings. The molecular weight excluding hydrogens is 322 g/mol. The second kappa shape index (κ2) is 6.16. The quantitative estimate of drug-likeness (QED) is 0.596. The van der Waals surface area contributed by atoms with E-state index in [1.807, 2.05) is 9.92 Å². The highest BCUT2D eigenvalue weighted by atomic mass is 32.1. The van der Waals surface area contributed by atoms with Crippen molar-refractivity contribution in [1.82, 2.24) is 0 Å². The van der Waals surface area contributed by atoms with Gasteiger partial charge in [0.15, 0.2) is 0 Å². The van der Waals surface area contributed by atoms with Gasteiger partial charge >= 0.3 is 0 Å². The Morgan fingerprint density at radius 2 is 1.68 bits per heavy atom. The molecule has 4 rings (SSSR count). The average molecular weight is 348 g/mol. The van der Waals surface area contributed by atoms with Gasteiger partial charge in [0, 0.05) is 20.0 Å². The molecule has 0 nitrogen and oxygen atoms in total. The molecule has 2 fully saturated rings. The molecule has 2 aliphatic heterocycles. The lowest BCUT2D eigenvalue weighted by atomic mass is 10.2. The molecule has 4 unspecified atom stereocenters. The third kappa shape index (κ3) is 2.49. The fraction of sp³-hybridized carbons (Fsp3) is 0.579. The van der Waals surface area contributed by atoms with E-state index < -0.39 is 0 Å². The second-order valence-corrected chi connectivity index (χ2v) is 14.2. The zero-order chi connectivity index (χ0) is 15.3. The van der Waals surface area contributed by atoms with Gasteiger partial charge in [-0.1, -0.05) is 54.8 Å². The molecule has 0 radical (unpaired) electrons. The summed E-state index contributed by atoms with van der Waals surface area (Å²) in [6, 6.07) is 9.27. The molecule has 0 saturated carbocycles. The summed E-state index contributed by atoms with van der Waals surface area (Å²) in [5, 5.41) is 3.48. The van der Waals surface area contributed by atoms with Crippen LogP contribution in [0, 0.1) is 0 Å². The van der Waals surface area contributed by atoms with Crippen LogP contribution in [0.3, 0.4) is 0 Å². The van der Waals surface area contributed by atoms with E-state index in [0.717, 1.165) is 17.0 Å². The molecule has 22 heavy (non-hydrogen) atoms. The van der Waals surface area contributed by atoms with Crippen LogP contribution in [0.2, 0.25) is 0 Å². The van der Waals surface area contributed by atoms with Gasteiger partial charge in [0.2, 0.25) is 0 Å². The molecule has 0 aliphatic carbocycles. The van der Waals surface area contributed by atoms with Gasteiger partial charge in [-0.2, -0.15) is 0 Å². The standard InChI is InChI=1S/C19H26P2S/c1-13-7-6-12-20(13)18-16-8-4-5-9-17(16)22-19(18)21-14(2)10-11-15(21)3/h4-5,8-9,13-15H,6-7,10-12H2,1-3H3. The molecule has 2 saturated heterocycles. The highest BCUT2D eigenvalue weighted by Gasteiger charge is 2.37. The molecule has 0 amide bonds. The number of hydrogen-bond acceptors (Lipinski definition) is 1. The fourth-order valence-corrected chi connectivity index (χ4v) is 14.0. The molecule has 0 spiro atoms. The van der Waals surface area contributed by atoms with Gasteiger partial charge in [-0.3, -0.25) is 0 Å². The largest absolute Gasteiger partial charge is 0.135 e. The van der Waals surface area contributed by atoms with Crippen molar-refractivity contribution in [1.29, 1.82) is 0 Å². The minimum Gasteiger partial charge on any atom is -0.135 e. The molecule has 1 aromatic carbocycles. The van der Waals surface area contributed by atoms with Gasteiger partial charge in [0.1, 0.15) is 0 Å². The van der Waals surface area contributed by atoms with E-state index in [2.05, 4.69) is 56.4 Å². The van der Waals surface area contributed by atoms with Crippen molar-refractivity contribution in [2.24, 2.45) is 0 Å². The lowest BCUT2D eigenvalue weighted by Gasteiger charge is -2.25. The van der Waals surface area contributed by atoms with E-state index in [1.165, 1.54) is 31.8 Å². The van der Waals surface area contributed by atoms with Crippen LogP contribution in [0.15, 0.2) is 24.3 Å². The lowest BCUT2D eigenvalue weighted by Crippen LogP contribution is -2.23. The predicted octanol–water partition coefficient (Wildman–Crippen LogP) is 5.87. The number of rotatable bonds is 2. The Kier molecular flexibility index (Phi) is 4.36. The first-order chi connectivity index (χ1) is 10.7. The summed E-state index contributed by atoms with van der Waals surface area (Å²) in [5.74, 6) is 0. The van der Waals surface area contributed by atoms with Gasteiger partial charge in [0.25, 0.3) is 0 Å². The highest BCUT2D eigenvalue weighted by Crippen LogP contribution is 2.59. The summed E-state index contributed by atoms with van der Waals surface area (Å²) in [6.07, 6.45) is 7.30. The third-order valence-corrected chi connectivity index (χ3v) is 14.1. The highest BCUT2D eigenvalue weighted by molar-refractivity contribution is 7.78. The molecule has 1 aromatic heterocycles. The van der Waals surface area contributed by atoms with Gasteiger partial charge in [0.05, 0.1) is 0 Å². The Morgan fingerprint density at radius 1 is 0.955 bits per heavy atom. The zero-order valence-corrected chi connectivity index (χ0v) is 16.5. The van der Waals surface area contributed by atoms with Crippen molar-refractivity contribution in [3.8, 4) is 0 Å². The molecule has 2 aromatic rings. The smallest absolute Gasteiger partial charge is 0.0372 e. The third-order valence-electron chi connectivity index (χ3n) is 5.58. The van der Waals surface area contributed by atoms with Crippen LogP contribution in [0.1, 0.15) is 46.5 Å². The maximum Gasteiger partial charge on any atom is 0.0372 e. The topological polar surface area (TPSA) is 0 Å². The molecule has 118 valence electrons. The normalized spacial score (nSPS) is 35.5. The summed E-state index contributed by atoms with van der Waals surface area (Å²) in [4.78, 5) is 0. The summed E-state index contributed by atoms with van der Waals surface area (Å²) < 4.78 is 3.41. The Labute approximate surface area is 141 Å². The molecule has 0 bridgehead atoms. The summed E-state index contributed by atoms with van der Waals surface area (Å²) in [7, 11) is 0.157. The van der Waals surface area contributed by atoms with E-state index in [1.54, 1.807) is 10.1 Å². The number of fused-ring (bicyclic) bond motifs is 1. The summed E-state index contributed by atoms with van der Waals surface area (Å²) in [5.41, 5.74) is 2.81. The molecule has 0 N–H and O–H groups in total. The minimum absolute atomic E-state index is 0.0693. The van der Waals surface area contributed by atoms with Crippen molar-refractivity contribution < 1.29 is 0 Å². The second-order valence-electron chi connectivity index (χ2n) is 7.12. The first-order valence-electron chi connectivity index (χ1n) is 8.73. The Bertz CT molecular complexity index is 667. The Hall–Kier alpha value is 0.0400. The Balaban J connectivity index is 1.90. The number of benzene rings is 1. The lowest BCUT2D eigenvalue weighted by molar-refractivity contribution is 0.777. The van der Waals surface area contributed by atoms with Crippen LogP contribution < -0.4 is 9.92 Å². The van der Waals surface area contributed by atoms with Crippen molar-refractivity contribution >= 4 is 47.2 Å². The molecule has 3 heteroatoms. The maximum atomic E-state index is 2.52. The first-order valence-corrected chi connectivity index (χ1v) is 12.6. The van der Waals surface area contributed by atoms with E-state index >= 15 is 0 Å². The maximum absolute atomic E-state index is 2.52. The number of hydrogen-bond donors (Lipinski definition) is 0. The molecule has 4 atom stereocenters. The average Bonchev–Trinajstić information content (AvgIpc) is 3.16. The monoisotopic (exact) mass is 348 g/mol. The van der Waals surface area contributed by atoms with Gasteiger partial charge in [-0.25, -0.2) is 0 Å². The fourth-order valence-electron chi connectivity index (χ4n) is 4.33.